The predicted octanol–water partition coefficient (Wildman–Crippen LogP) is 2.79. The number of hydrogen-bond donors (Lipinski definition) is 1. The van der Waals surface area contributed by atoms with E-state index in [0.717, 1.165) is 30.5 Å². The monoisotopic (exact) mass is 367 g/mol. The minimum atomic E-state index is -0.872. The summed E-state index contributed by atoms with van der Waals surface area (Å²) in [6.45, 7) is 3.07. The summed E-state index contributed by atoms with van der Waals surface area (Å²) in [6, 6.07) is 11.7. The van der Waals surface area contributed by atoms with E-state index in [-0.39, 0.29) is 17.7 Å². The molecule has 2 aromatic rings. The highest BCUT2D eigenvalue weighted by molar-refractivity contribution is 5.93. The first-order valence-electron chi connectivity index (χ1n) is 9.75. The number of carbonyl (C=O) groups is 2. The Hall–Kier alpha value is -2.63. The molecule has 6 nitrogen and oxygen atoms in total. The van der Waals surface area contributed by atoms with Crippen LogP contribution in [-0.4, -0.2) is 40.5 Å². The molecular formula is C21H25N3O3. The number of nitrogens with zero attached hydrogens (tertiary/aromatic N) is 2. The molecule has 6 heteroatoms. The van der Waals surface area contributed by atoms with Gasteiger partial charge < -0.3 is 14.7 Å². The quantitative estimate of drug-likeness (QED) is 0.852. The predicted molar refractivity (Wildman–Crippen MR) is 101 cm³/mol. The van der Waals surface area contributed by atoms with Crippen molar-refractivity contribution in [2.45, 2.75) is 44.6 Å². The lowest BCUT2D eigenvalue weighted by atomic mass is 9.88. The van der Waals surface area contributed by atoms with E-state index in [4.69, 9.17) is 4.52 Å². The van der Waals surface area contributed by atoms with Crippen LogP contribution in [0.25, 0.3) is 11.3 Å². The SMILES string of the molecule is CCNC(=O)[C@]1(Cc2cc(-c3ccccc3)no2)CCCN1C(=O)C1CC1. The van der Waals surface area contributed by atoms with Crippen LogP contribution in [0.1, 0.15) is 38.4 Å². The fourth-order valence-corrected chi connectivity index (χ4v) is 4.01. The zero-order valence-corrected chi connectivity index (χ0v) is 15.6. The highest BCUT2D eigenvalue weighted by atomic mass is 16.5. The summed E-state index contributed by atoms with van der Waals surface area (Å²) in [5.41, 5.74) is 0.843. The van der Waals surface area contributed by atoms with E-state index in [1.54, 1.807) is 4.90 Å². The molecule has 1 aliphatic heterocycles. The van der Waals surface area contributed by atoms with Gasteiger partial charge in [-0.05, 0) is 32.6 Å². The van der Waals surface area contributed by atoms with Crippen LogP contribution in [0.3, 0.4) is 0 Å². The average molecular weight is 367 g/mol. The summed E-state index contributed by atoms with van der Waals surface area (Å²) in [4.78, 5) is 27.7. The Labute approximate surface area is 158 Å². The van der Waals surface area contributed by atoms with Crippen LogP contribution < -0.4 is 5.32 Å². The van der Waals surface area contributed by atoms with Crippen molar-refractivity contribution in [2.75, 3.05) is 13.1 Å². The van der Waals surface area contributed by atoms with Crippen LogP contribution in [0.2, 0.25) is 0 Å². The molecule has 1 saturated heterocycles. The highest BCUT2D eigenvalue weighted by Gasteiger charge is 2.52. The molecule has 0 bridgehead atoms. The summed E-state index contributed by atoms with van der Waals surface area (Å²) in [5.74, 6) is 0.748. The summed E-state index contributed by atoms with van der Waals surface area (Å²) < 4.78 is 5.57. The molecule has 4 rings (SSSR count). The normalized spacial score (nSPS) is 22.0. The summed E-state index contributed by atoms with van der Waals surface area (Å²) in [5, 5.41) is 7.11. The number of benzene rings is 1. The Balaban J connectivity index is 1.63. The standard InChI is InChI=1S/C21H25N3O3/c1-2-22-20(26)21(11-6-12-24(21)19(25)16-9-10-16)14-17-13-18(23-27-17)15-7-4-3-5-8-15/h3-5,7-8,13,16H,2,6,9-12,14H2,1H3,(H,22,26)/t21-/m1/s1. The van der Waals surface area contributed by atoms with E-state index in [1.165, 1.54) is 0 Å². The smallest absolute Gasteiger partial charge is 0.246 e. The van der Waals surface area contributed by atoms with Gasteiger partial charge in [-0.3, -0.25) is 9.59 Å². The Morgan fingerprint density at radius 3 is 2.78 bits per heavy atom. The first-order valence-corrected chi connectivity index (χ1v) is 9.75. The second-order valence-electron chi connectivity index (χ2n) is 7.48. The van der Waals surface area contributed by atoms with Gasteiger partial charge in [0.15, 0.2) is 0 Å². The minimum absolute atomic E-state index is 0.0887. The van der Waals surface area contributed by atoms with Crippen molar-refractivity contribution in [3.63, 3.8) is 0 Å². The molecule has 2 aliphatic rings. The Morgan fingerprint density at radius 2 is 2.07 bits per heavy atom. The Morgan fingerprint density at radius 1 is 1.30 bits per heavy atom. The van der Waals surface area contributed by atoms with Gasteiger partial charge in [-0.25, -0.2) is 0 Å². The molecule has 1 N–H and O–H groups in total. The third-order valence-corrected chi connectivity index (χ3v) is 5.54. The largest absolute Gasteiger partial charge is 0.361 e. The van der Waals surface area contributed by atoms with E-state index < -0.39 is 5.54 Å². The lowest BCUT2D eigenvalue weighted by Crippen LogP contribution is -2.59. The summed E-state index contributed by atoms with van der Waals surface area (Å²) in [6.07, 6.45) is 3.70. The van der Waals surface area contributed by atoms with Gasteiger partial charge in [0.05, 0.1) is 0 Å². The lowest BCUT2D eigenvalue weighted by Gasteiger charge is -2.36. The number of nitrogens with one attached hydrogen (secondary N) is 1. The van der Waals surface area contributed by atoms with Crippen LogP contribution in [0.5, 0.6) is 0 Å². The van der Waals surface area contributed by atoms with Crippen LogP contribution >= 0.6 is 0 Å². The van der Waals surface area contributed by atoms with Gasteiger partial charge in [0.2, 0.25) is 11.8 Å². The first kappa shape index (κ1) is 17.8. The average Bonchev–Trinajstić information content (AvgIpc) is 3.29. The van der Waals surface area contributed by atoms with Crippen LogP contribution in [0, 0.1) is 5.92 Å². The molecule has 2 fully saturated rings. The number of likely N-dealkylation sites (tertiary alicyclic amines) is 1. The van der Waals surface area contributed by atoms with Crippen molar-refractivity contribution >= 4 is 11.8 Å². The fraction of sp³-hybridized carbons (Fsp3) is 0.476. The zero-order valence-electron chi connectivity index (χ0n) is 15.6. The molecule has 142 valence electrons. The number of hydrogen-bond acceptors (Lipinski definition) is 4. The molecule has 1 aromatic heterocycles. The molecule has 0 spiro atoms. The van der Waals surface area contributed by atoms with Gasteiger partial charge in [-0.2, -0.15) is 0 Å². The fourth-order valence-electron chi connectivity index (χ4n) is 4.01. The maximum atomic E-state index is 13.0. The second-order valence-corrected chi connectivity index (χ2v) is 7.48. The first-order chi connectivity index (χ1) is 13.1. The maximum Gasteiger partial charge on any atom is 0.246 e. The number of rotatable bonds is 6. The summed E-state index contributed by atoms with van der Waals surface area (Å²) >= 11 is 0. The number of aromatic nitrogens is 1. The Kier molecular flexibility index (Phi) is 4.72. The maximum absolute atomic E-state index is 13.0. The molecule has 2 heterocycles. The lowest BCUT2D eigenvalue weighted by molar-refractivity contribution is -0.146. The van der Waals surface area contributed by atoms with Gasteiger partial charge >= 0.3 is 0 Å². The number of amides is 2. The Bertz CT molecular complexity index is 828. The third kappa shape index (κ3) is 3.36. The van der Waals surface area contributed by atoms with Gasteiger partial charge in [-0.1, -0.05) is 35.5 Å². The summed E-state index contributed by atoms with van der Waals surface area (Å²) in [7, 11) is 0. The van der Waals surface area contributed by atoms with Gasteiger partial charge in [-0.15, -0.1) is 0 Å². The third-order valence-electron chi connectivity index (χ3n) is 5.54. The molecule has 27 heavy (non-hydrogen) atoms. The van der Waals surface area contributed by atoms with Crippen molar-refractivity contribution in [2.24, 2.45) is 5.92 Å². The molecule has 1 atom stereocenters. The van der Waals surface area contributed by atoms with Crippen LogP contribution in [0.4, 0.5) is 0 Å². The van der Waals surface area contributed by atoms with Crippen molar-refractivity contribution in [1.29, 1.82) is 0 Å². The molecule has 0 unspecified atom stereocenters. The second kappa shape index (κ2) is 7.18. The zero-order chi connectivity index (χ0) is 18.9. The van der Waals surface area contributed by atoms with E-state index in [9.17, 15) is 9.59 Å². The minimum Gasteiger partial charge on any atom is -0.361 e. The van der Waals surface area contributed by atoms with Crippen molar-refractivity contribution in [1.82, 2.24) is 15.4 Å². The molecule has 1 aromatic carbocycles. The molecule has 2 amide bonds. The number of likely N-dealkylation sites (N-methyl/N-ethyl adjacent to an activating group) is 1. The molecular weight excluding hydrogens is 342 g/mol. The number of carbonyl (C=O) groups excluding carboxylic acids is 2. The van der Waals surface area contributed by atoms with Crippen LogP contribution in [0.15, 0.2) is 40.9 Å². The van der Waals surface area contributed by atoms with Crippen molar-refractivity contribution in [3.8, 4) is 11.3 Å². The van der Waals surface area contributed by atoms with Crippen molar-refractivity contribution in [3.05, 3.63) is 42.2 Å². The topological polar surface area (TPSA) is 75.4 Å². The highest BCUT2D eigenvalue weighted by Crippen LogP contribution is 2.39. The van der Waals surface area contributed by atoms with Crippen LogP contribution in [-0.2, 0) is 16.0 Å². The van der Waals surface area contributed by atoms with E-state index in [2.05, 4.69) is 10.5 Å². The van der Waals surface area contributed by atoms with E-state index in [0.29, 0.717) is 31.7 Å². The molecule has 0 radical (unpaired) electrons. The van der Waals surface area contributed by atoms with Gasteiger partial charge in [0, 0.05) is 37.1 Å². The molecule has 1 aliphatic carbocycles. The van der Waals surface area contributed by atoms with E-state index >= 15 is 0 Å². The van der Waals surface area contributed by atoms with Crippen molar-refractivity contribution < 1.29 is 14.1 Å². The van der Waals surface area contributed by atoms with Gasteiger partial charge in [0.1, 0.15) is 17.0 Å². The molecule has 1 saturated carbocycles. The van der Waals surface area contributed by atoms with Gasteiger partial charge in [0.25, 0.3) is 0 Å². The van der Waals surface area contributed by atoms with E-state index in [1.807, 2.05) is 43.3 Å².